The molecule has 2 atom stereocenters. The van der Waals surface area contributed by atoms with Gasteiger partial charge in [-0.15, -0.1) is 0 Å². The number of aryl methyl sites for hydroxylation is 1. The topological polar surface area (TPSA) is 27.1 Å². The van der Waals surface area contributed by atoms with Gasteiger partial charge in [0.1, 0.15) is 12.1 Å². The summed E-state index contributed by atoms with van der Waals surface area (Å²) < 4.78 is 7.76. The van der Waals surface area contributed by atoms with E-state index in [1.165, 1.54) is 17.5 Å². The maximum Gasteiger partial charge on any atom is 0.274 e. The van der Waals surface area contributed by atoms with E-state index < -0.39 is 0 Å². The van der Waals surface area contributed by atoms with Crippen LogP contribution in [0.5, 0.6) is 5.75 Å². The van der Waals surface area contributed by atoms with Gasteiger partial charge in [0.15, 0.2) is 0 Å². The van der Waals surface area contributed by atoms with E-state index in [2.05, 4.69) is 31.0 Å². The van der Waals surface area contributed by atoms with Crippen molar-refractivity contribution >= 4 is 28.4 Å². The minimum Gasteiger partial charge on any atom is -0.431 e. The first-order chi connectivity index (χ1) is 11.6. The summed E-state index contributed by atoms with van der Waals surface area (Å²) in [6.45, 7) is 4.64. The van der Waals surface area contributed by atoms with Crippen LogP contribution in [0.15, 0.2) is 48.8 Å². The van der Waals surface area contributed by atoms with Gasteiger partial charge in [-0.2, -0.15) is 0 Å². The number of hydrogen-bond acceptors (Lipinski definition) is 3. The summed E-state index contributed by atoms with van der Waals surface area (Å²) in [7, 11) is 0. The first-order valence-electron chi connectivity index (χ1n) is 8.40. The molecule has 1 heterocycles. The molecule has 122 valence electrons. The Labute approximate surface area is 147 Å². The predicted molar refractivity (Wildman–Crippen MR) is 101 cm³/mol. The summed E-state index contributed by atoms with van der Waals surface area (Å²) in [4.78, 5) is 4.37. The molecule has 3 nitrogen and oxygen atoms in total. The minimum absolute atomic E-state index is 0.404. The monoisotopic (exact) mass is 336 g/mol. The molecule has 3 aromatic rings. The predicted octanol–water partition coefficient (Wildman–Crippen LogP) is 4.93. The number of fused-ring (bicyclic) bond motifs is 2. The fraction of sp³-hybridized carbons (Fsp3) is 0.300. The molecule has 0 radical (unpaired) electrons. The van der Waals surface area contributed by atoms with Crippen molar-refractivity contribution in [1.29, 1.82) is 0 Å². The van der Waals surface area contributed by atoms with Crippen LogP contribution >= 0.6 is 12.2 Å². The number of imidazole rings is 1. The Kier molecular flexibility index (Phi) is 3.85. The van der Waals surface area contributed by atoms with Gasteiger partial charge in [0, 0.05) is 0 Å². The number of hydrogen-bond donors (Lipinski definition) is 0. The number of ether oxygens (including phenoxy) is 1. The van der Waals surface area contributed by atoms with Crippen molar-refractivity contribution in [1.82, 2.24) is 9.55 Å². The third kappa shape index (κ3) is 2.61. The number of thiocarbonyl (C=S) groups is 1. The zero-order valence-corrected chi connectivity index (χ0v) is 14.7. The van der Waals surface area contributed by atoms with Gasteiger partial charge in [0.2, 0.25) is 0 Å². The number of aromatic nitrogens is 2. The Bertz CT molecular complexity index is 915. The lowest BCUT2D eigenvalue weighted by Crippen LogP contribution is -2.18. The molecule has 0 spiro atoms. The molecule has 0 saturated carbocycles. The standard InChI is InChI=1S/C20H20N2OS/c1-13-7-8-15-11-16(9-10-17(15)14(13)2)23-20(24)22-12-21-18-5-3-4-6-19(18)22/h3-6,9-14H,7-8H2,1-2H3. The summed E-state index contributed by atoms with van der Waals surface area (Å²) in [5.41, 5.74) is 4.70. The summed E-state index contributed by atoms with van der Waals surface area (Å²) in [6, 6.07) is 14.3. The molecule has 1 aliphatic rings. The molecular formula is C20H20N2OS. The van der Waals surface area contributed by atoms with Crippen LogP contribution < -0.4 is 4.74 Å². The molecule has 0 bridgehead atoms. The highest BCUT2D eigenvalue weighted by Gasteiger charge is 2.23. The molecular weight excluding hydrogens is 316 g/mol. The summed E-state index contributed by atoms with van der Waals surface area (Å²) >= 11 is 5.48. The number of benzene rings is 2. The molecule has 0 aliphatic heterocycles. The molecule has 1 aromatic heterocycles. The van der Waals surface area contributed by atoms with Crippen molar-refractivity contribution in [3.8, 4) is 5.75 Å². The molecule has 24 heavy (non-hydrogen) atoms. The Morgan fingerprint density at radius 3 is 2.92 bits per heavy atom. The number of nitrogens with zero attached hydrogens (tertiary/aromatic N) is 2. The van der Waals surface area contributed by atoms with Gasteiger partial charge in [-0.05, 0) is 72.3 Å². The van der Waals surface area contributed by atoms with Crippen molar-refractivity contribution < 1.29 is 4.74 Å². The Morgan fingerprint density at radius 1 is 1.21 bits per heavy atom. The van der Waals surface area contributed by atoms with Gasteiger partial charge < -0.3 is 4.74 Å². The van der Waals surface area contributed by atoms with Crippen LogP contribution in [-0.4, -0.2) is 14.7 Å². The highest BCUT2D eigenvalue weighted by Crippen LogP contribution is 2.37. The van der Waals surface area contributed by atoms with Gasteiger partial charge in [-0.3, -0.25) is 4.57 Å². The molecule has 0 N–H and O–H groups in total. The van der Waals surface area contributed by atoms with E-state index in [9.17, 15) is 0 Å². The van der Waals surface area contributed by atoms with E-state index in [1.807, 2.05) is 34.9 Å². The second-order valence-corrected chi connectivity index (χ2v) is 6.99. The highest BCUT2D eigenvalue weighted by atomic mass is 32.1. The zero-order valence-electron chi connectivity index (χ0n) is 13.9. The van der Waals surface area contributed by atoms with Gasteiger partial charge in [0.05, 0.1) is 11.0 Å². The largest absolute Gasteiger partial charge is 0.431 e. The summed E-state index contributed by atoms with van der Waals surface area (Å²) in [6.07, 6.45) is 4.06. The third-order valence-electron chi connectivity index (χ3n) is 5.18. The molecule has 4 heteroatoms. The lowest BCUT2D eigenvalue weighted by molar-refractivity contribution is 0.424. The fourth-order valence-electron chi connectivity index (χ4n) is 3.50. The first-order valence-corrected chi connectivity index (χ1v) is 8.81. The lowest BCUT2D eigenvalue weighted by Gasteiger charge is -2.28. The highest BCUT2D eigenvalue weighted by molar-refractivity contribution is 7.80. The Balaban J connectivity index is 1.61. The molecule has 2 aromatic carbocycles. The van der Waals surface area contributed by atoms with Gasteiger partial charge in [-0.25, -0.2) is 4.98 Å². The number of rotatable bonds is 1. The zero-order chi connectivity index (χ0) is 16.7. The van der Waals surface area contributed by atoms with Gasteiger partial charge in [0.25, 0.3) is 5.17 Å². The van der Waals surface area contributed by atoms with Crippen molar-refractivity contribution in [3.05, 3.63) is 59.9 Å². The third-order valence-corrected chi connectivity index (χ3v) is 5.46. The molecule has 0 fully saturated rings. The maximum atomic E-state index is 5.95. The van der Waals surface area contributed by atoms with Crippen LogP contribution in [0.4, 0.5) is 0 Å². The SMILES string of the molecule is CC1CCc2cc(OC(=S)n3cnc4ccccc43)ccc2C1C. The van der Waals surface area contributed by atoms with Crippen molar-refractivity contribution in [2.75, 3.05) is 0 Å². The average molecular weight is 336 g/mol. The second-order valence-electron chi connectivity index (χ2n) is 6.64. The van der Waals surface area contributed by atoms with Crippen LogP contribution in [0.1, 0.15) is 37.3 Å². The molecule has 2 unspecified atom stereocenters. The molecule has 1 aliphatic carbocycles. The molecule has 0 amide bonds. The van der Waals surface area contributed by atoms with Crippen molar-refractivity contribution in [3.63, 3.8) is 0 Å². The fourth-order valence-corrected chi connectivity index (χ4v) is 3.74. The van der Waals surface area contributed by atoms with Gasteiger partial charge in [-0.1, -0.05) is 32.0 Å². The first kappa shape index (κ1) is 15.3. The minimum atomic E-state index is 0.404. The van der Waals surface area contributed by atoms with Crippen LogP contribution in [0, 0.1) is 5.92 Å². The van der Waals surface area contributed by atoms with Crippen molar-refractivity contribution in [2.24, 2.45) is 5.92 Å². The van der Waals surface area contributed by atoms with Crippen LogP contribution in [0.3, 0.4) is 0 Å². The van der Waals surface area contributed by atoms with Crippen LogP contribution in [0.25, 0.3) is 11.0 Å². The molecule has 4 rings (SSSR count). The maximum absolute atomic E-state index is 5.95. The van der Waals surface area contributed by atoms with E-state index in [4.69, 9.17) is 17.0 Å². The van der Waals surface area contributed by atoms with E-state index in [-0.39, 0.29) is 0 Å². The number of para-hydroxylation sites is 2. The van der Waals surface area contributed by atoms with E-state index in [1.54, 1.807) is 6.33 Å². The van der Waals surface area contributed by atoms with Gasteiger partial charge >= 0.3 is 0 Å². The summed E-state index contributed by atoms with van der Waals surface area (Å²) in [5.74, 6) is 2.15. The lowest BCUT2D eigenvalue weighted by atomic mass is 9.77. The summed E-state index contributed by atoms with van der Waals surface area (Å²) in [5, 5.41) is 0.404. The normalized spacial score (nSPS) is 19.9. The van der Waals surface area contributed by atoms with E-state index in [0.717, 1.165) is 29.1 Å². The van der Waals surface area contributed by atoms with Crippen LogP contribution in [-0.2, 0) is 6.42 Å². The van der Waals surface area contributed by atoms with Crippen LogP contribution in [0.2, 0.25) is 0 Å². The van der Waals surface area contributed by atoms with E-state index >= 15 is 0 Å². The second kappa shape index (κ2) is 6.02. The Hall–Kier alpha value is -2.20. The van der Waals surface area contributed by atoms with E-state index in [0.29, 0.717) is 11.1 Å². The Morgan fingerprint density at radius 2 is 2.04 bits per heavy atom. The molecule has 0 saturated heterocycles. The average Bonchev–Trinajstić information content (AvgIpc) is 3.02. The smallest absolute Gasteiger partial charge is 0.274 e. The quantitative estimate of drug-likeness (QED) is 0.589. The van der Waals surface area contributed by atoms with Crippen molar-refractivity contribution in [2.45, 2.75) is 32.6 Å².